The topological polar surface area (TPSA) is 68.3 Å². The molecule has 5 nitrogen and oxygen atoms in total. The maximum atomic E-state index is 12.7. The molecule has 0 unspecified atom stereocenters. The third kappa shape index (κ3) is 4.25. The molecule has 7 heteroatoms. The summed E-state index contributed by atoms with van der Waals surface area (Å²) in [4.78, 5) is 17.2. The molecule has 33 heavy (non-hydrogen) atoms. The molecule has 1 amide bonds. The highest BCUT2D eigenvalue weighted by Gasteiger charge is 2.15. The van der Waals surface area contributed by atoms with E-state index < -0.39 is 0 Å². The Hall–Kier alpha value is -3.54. The first kappa shape index (κ1) is 21.3. The van der Waals surface area contributed by atoms with Crippen molar-refractivity contribution < 1.29 is 13.6 Å². The van der Waals surface area contributed by atoms with E-state index in [9.17, 15) is 4.79 Å². The minimum absolute atomic E-state index is 0.162. The molecule has 0 aliphatic rings. The summed E-state index contributed by atoms with van der Waals surface area (Å²) in [6, 6.07) is 19.6. The molecule has 0 saturated carbocycles. The van der Waals surface area contributed by atoms with E-state index in [-0.39, 0.29) is 11.7 Å². The maximum Gasteiger partial charge on any atom is 0.291 e. The molecule has 0 saturated heterocycles. The number of nitrogens with zero attached hydrogens (tertiary/aromatic N) is 1. The van der Waals surface area contributed by atoms with Gasteiger partial charge in [-0.15, -0.1) is 0 Å². The molecule has 1 N–H and O–H groups in total. The van der Waals surface area contributed by atoms with Crippen LogP contribution < -0.4 is 5.32 Å². The van der Waals surface area contributed by atoms with Crippen molar-refractivity contribution in [1.82, 2.24) is 4.98 Å². The average Bonchev–Trinajstić information content (AvgIpc) is 3.44. The van der Waals surface area contributed by atoms with Crippen molar-refractivity contribution in [2.45, 2.75) is 13.8 Å². The number of carbonyl (C=O) groups is 1. The van der Waals surface area contributed by atoms with Gasteiger partial charge in [-0.2, -0.15) is 0 Å². The quantitative estimate of drug-likeness (QED) is 0.285. The number of amides is 1. The fraction of sp³-hybridized carbons (Fsp3) is 0.0769. The number of halogens is 2. The SMILES string of the molecule is Cc1cc2nc(-c3ccc(NC(=O)c4ccc(-c5cc(Cl)ccc5Cl)o4)cc3)oc2cc1C. The Bertz CT molecular complexity index is 1460. The molecule has 0 aliphatic heterocycles. The number of hydrogen-bond acceptors (Lipinski definition) is 4. The summed E-state index contributed by atoms with van der Waals surface area (Å²) in [7, 11) is 0. The van der Waals surface area contributed by atoms with Crippen LogP contribution in [0.25, 0.3) is 33.9 Å². The maximum absolute atomic E-state index is 12.7. The van der Waals surface area contributed by atoms with Gasteiger partial charge < -0.3 is 14.2 Å². The zero-order chi connectivity index (χ0) is 23.1. The molecular formula is C26H18Cl2N2O3. The first-order valence-electron chi connectivity index (χ1n) is 10.2. The van der Waals surface area contributed by atoms with Crippen molar-refractivity contribution in [2.24, 2.45) is 0 Å². The van der Waals surface area contributed by atoms with Gasteiger partial charge in [0.25, 0.3) is 5.91 Å². The highest BCUT2D eigenvalue weighted by Crippen LogP contribution is 2.32. The van der Waals surface area contributed by atoms with Crippen LogP contribution in [0, 0.1) is 13.8 Å². The fourth-order valence-electron chi connectivity index (χ4n) is 3.48. The molecule has 0 spiro atoms. The molecule has 0 aliphatic carbocycles. The van der Waals surface area contributed by atoms with E-state index in [2.05, 4.69) is 10.3 Å². The number of hydrogen-bond donors (Lipinski definition) is 1. The predicted molar refractivity (Wildman–Crippen MR) is 131 cm³/mol. The summed E-state index contributed by atoms with van der Waals surface area (Å²) in [6.45, 7) is 4.09. The molecule has 0 radical (unpaired) electrons. The van der Waals surface area contributed by atoms with E-state index in [1.807, 2.05) is 38.1 Å². The number of furan rings is 1. The Morgan fingerprint density at radius 2 is 1.64 bits per heavy atom. The predicted octanol–water partition coefficient (Wildman–Crippen LogP) is 7.93. The Morgan fingerprint density at radius 1 is 0.879 bits per heavy atom. The lowest BCUT2D eigenvalue weighted by Crippen LogP contribution is -2.10. The number of nitrogens with one attached hydrogen (secondary N) is 1. The first-order valence-corrected chi connectivity index (χ1v) is 11.0. The summed E-state index contributed by atoms with van der Waals surface area (Å²) < 4.78 is 11.6. The van der Waals surface area contributed by atoms with Gasteiger partial charge in [0.05, 0.1) is 5.02 Å². The van der Waals surface area contributed by atoms with Gasteiger partial charge in [-0.3, -0.25) is 4.79 Å². The van der Waals surface area contributed by atoms with Gasteiger partial charge in [0.15, 0.2) is 11.3 Å². The molecule has 2 aromatic heterocycles. The standard InChI is InChI=1S/C26H18Cl2N2O3/c1-14-11-21-24(12-15(14)2)33-26(30-21)16-3-6-18(7-4-16)29-25(31)23-10-9-22(32-23)19-13-17(27)5-8-20(19)28/h3-13H,1-2H3,(H,29,31). The average molecular weight is 477 g/mol. The molecule has 3 aromatic carbocycles. The van der Waals surface area contributed by atoms with Crippen molar-refractivity contribution >= 4 is 45.9 Å². The highest BCUT2D eigenvalue weighted by molar-refractivity contribution is 6.35. The van der Waals surface area contributed by atoms with E-state index in [0.29, 0.717) is 32.9 Å². The minimum atomic E-state index is -0.375. The lowest BCUT2D eigenvalue weighted by molar-refractivity contribution is 0.0997. The molecule has 0 atom stereocenters. The lowest BCUT2D eigenvalue weighted by Gasteiger charge is -2.04. The van der Waals surface area contributed by atoms with Crippen LogP contribution in [-0.4, -0.2) is 10.9 Å². The molecule has 0 bridgehead atoms. The fourth-order valence-corrected chi connectivity index (χ4v) is 3.87. The summed E-state index contributed by atoms with van der Waals surface area (Å²) in [5.41, 5.74) is 5.94. The van der Waals surface area contributed by atoms with E-state index in [1.165, 1.54) is 5.56 Å². The third-order valence-electron chi connectivity index (χ3n) is 5.42. The van der Waals surface area contributed by atoms with Crippen LogP contribution in [-0.2, 0) is 0 Å². The van der Waals surface area contributed by atoms with Crippen LogP contribution in [0.15, 0.2) is 75.6 Å². The smallest absolute Gasteiger partial charge is 0.291 e. The number of fused-ring (bicyclic) bond motifs is 1. The lowest BCUT2D eigenvalue weighted by atomic mass is 10.1. The van der Waals surface area contributed by atoms with Crippen molar-refractivity contribution in [3.8, 4) is 22.8 Å². The number of carbonyl (C=O) groups excluding carboxylic acids is 1. The second kappa shape index (κ2) is 8.43. The van der Waals surface area contributed by atoms with Crippen LogP contribution in [0.2, 0.25) is 10.0 Å². The second-order valence-electron chi connectivity index (χ2n) is 7.74. The number of rotatable bonds is 4. The largest absolute Gasteiger partial charge is 0.451 e. The highest BCUT2D eigenvalue weighted by atomic mass is 35.5. The summed E-state index contributed by atoms with van der Waals surface area (Å²) in [5, 5.41) is 3.84. The molecule has 164 valence electrons. The van der Waals surface area contributed by atoms with E-state index in [1.54, 1.807) is 42.5 Å². The van der Waals surface area contributed by atoms with Gasteiger partial charge in [0, 0.05) is 21.8 Å². The molecule has 2 heterocycles. The minimum Gasteiger partial charge on any atom is -0.451 e. The van der Waals surface area contributed by atoms with Gasteiger partial charge in [-0.1, -0.05) is 23.2 Å². The van der Waals surface area contributed by atoms with Crippen molar-refractivity contribution in [2.75, 3.05) is 5.32 Å². The number of anilines is 1. The monoisotopic (exact) mass is 476 g/mol. The summed E-state index contributed by atoms with van der Waals surface area (Å²) in [5.74, 6) is 0.779. The van der Waals surface area contributed by atoms with Crippen LogP contribution in [0.4, 0.5) is 5.69 Å². The van der Waals surface area contributed by atoms with Crippen molar-refractivity contribution in [1.29, 1.82) is 0 Å². The number of aryl methyl sites for hydroxylation is 2. The zero-order valence-electron chi connectivity index (χ0n) is 17.8. The summed E-state index contributed by atoms with van der Waals surface area (Å²) >= 11 is 12.3. The van der Waals surface area contributed by atoms with Gasteiger partial charge in [0.2, 0.25) is 5.89 Å². The van der Waals surface area contributed by atoms with E-state index in [4.69, 9.17) is 32.0 Å². The van der Waals surface area contributed by atoms with Gasteiger partial charge >= 0.3 is 0 Å². The van der Waals surface area contributed by atoms with Gasteiger partial charge in [0.1, 0.15) is 11.3 Å². The van der Waals surface area contributed by atoms with Crippen molar-refractivity contribution in [3.05, 3.63) is 93.7 Å². The number of aromatic nitrogens is 1. The first-order chi connectivity index (χ1) is 15.9. The van der Waals surface area contributed by atoms with Crippen molar-refractivity contribution in [3.63, 3.8) is 0 Å². The Kier molecular flexibility index (Phi) is 5.44. The molecule has 5 aromatic rings. The zero-order valence-corrected chi connectivity index (χ0v) is 19.3. The van der Waals surface area contributed by atoms with Crippen LogP contribution in [0.5, 0.6) is 0 Å². The van der Waals surface area contributed by atoms with Crippen LogP contribution in [0.1, 0.15) is 21.7 Å². The second-order valence-corrected chi connectivity index (χ2v) is 8.59. The van der Waals surface area contributed by atoms with Crippen LogP contribution in [0.3, 0.4) is 0 Å². The normalized spacial score (nSPS) is 11.2. The van der Waals surface area contributed by atoms with Gasteiger partial charge in [-0.05, 0) is 91.7 Å². The summed E-state index contributed by atoms with van der Waals surface area (Å²) in [6.07, 6.45) is 0. The molecule has 0 fully saturated rings. The van der Waals surface area contributed by atoms with Crippen LogP contribution >= 0.6 is 23.2 Å². The van der Waals surface area contributed by atoms with E-state index in [0.717, 1.165) is 22.2 Å². The molecular weight excluding hydrogens is 459 g/mol. The Balaban J connectivity index is 1.33. The van der Waals surface area contributed by atoms with Gasteiger partial charge in [-0.25, -0.2) is 4.98 Å². The third-order valence-corrected chi connectivity index (χ3v) is 5.98. The Labute approximate surface area is 200 Å². The Morgan fingerprint density at radius 3 is 2.42 bits per heavy atom. The molecule has 5 rings (SSSR count). The number of oxazole rings is 1. The van der Waals surface area contributed by atoms with E-state index >= 15 is 0 Å². The number of benzene rings is 3.